The van der Waals surface area contributed by atoms with E-state index in [-0.39, 0.29) is 34.8 Å². The van der Waals surface area contributed by atoms with Crippen LogP contribution in [-0.4, -0.2) is 12.2 Å². The second-order valence-electron chi connectivity index (χ2n) is 6.22. The fourth-order valence-corrected chi connectivity index (χ4v) is 3.58. The lowest BCUT2D eigenvalue weighted by Crippen LogP contribution is -2.35. The van der Waals surface area contributed by atoms with E-state index < -0.39 is 21.7 Å². The number of rotatable bonds is 6. The first-order chi connectivity index (χ1) is 11.7. The molecule has 0 bridgehead atoms. The van der Waals surface area contributed by atoms with Crippen molar-refractivity contribution in [1.29, 1.82) is 0 Å². The van der Waals surface area contributed by atoms with Crippen LogP contribution in [0.1, 0.15) is 27.7 Å². The minimum atomic E-state index is -0.642. The van der Waals surface area contributed by atoms with Gasteiger partial charge in [-0.15, -0.1) is 11.3 Å². The molecule has 1 heterocycles. The number of hydrogen-bond donors (Lipinski definition) is 0. The van der Waals surface area contributed by atoms with Gasteiger partial charge in [0.05, 0.1) is 23.3 Å². The lowest BCUT2D eigenvalue weighted by atomic mass is 10.1. The van der Waals surface area contributed by atoms with Gasteiger partial charge in [0, 0.05) is 9.75 Å². The monoisotopic (exact) mass is 360 g/mol. The molecule has 7 heteroatoms. The van der Waals surface area contributed by atoms with E-state index >= 15 is 0 Å². The highest BCUT2D eigenvalue weighted by molar-refractivity contribution is 7.18. The Balaban J connectivity index is 2.01. The molecule has 0 unspecified atom stereocenters. The molecule has 0 aliphatic heterocycles. The molecule has 0 spiro atoms. The largest absolute Gasteiger partial charge is 0.486 e. The quantitative estimate of drug-likeness (QED) is 0.624. The zero-order valence-corrected chi connectivity index (χ0v) is 15.0. The molecule has 130 valence electrons. The predicted molar refractivity (Wildman–Crippen MR) is 96.5 cm³/mol. The first-order valence-electron chi connectivity index (χ1n) is 7.82. The number of ether oxygens (including phenoxy) is 2. The van der Waals surface area contributed by atoms with Crippen molar-refractivity contribution in [3.8, 4) is 32.4 Å². The Labute approximate surface area is 146 Å². The average molecular weight is 360 g/mol. The van der Waals surface area contributed by atoms with Crippen LogP contribution in [0.15, 0.2) is 31.3 Å². The molecule has 0 aliphatic rings. The van der Waals surface area contributed by atoms with Crippen molar-refractivity contribution >= 4 is 11.3 Å². The Bertz CT molecular complexity index is 999. The molecule has 0 saturated carbocycles. The number of thiophene rings is 1. The summed E-state index contributed by atoms with van der Waals surface area (Å²) < 4.78 is 10.8. The third-order valence-electron chi connectivity index (χ3n) is 3.54. The van der Waals surface area contributed by atoms with Crippen LogP contribution in [0, 0.1) is 0 Å². The van der Waals surface area contributed by atoms with Gasteiger partial charge in [0.25, 0.3) is 10.9 Å². The van der Waals surface area contributed by atoms with Gasteiger partial charge in [-0.1, -0.05) is 0 Å². The van der Waals surface area contributed by atoms with E-state index in [0.717, 1.165) is 11.3 Å². The van der Waals surface area contributed by atoms with Crippen LogP contribution in [0.3, 0.4) is 0 Å². The van der Waals surface area contributed by atoms with E-state index in [4.69, 9.17) is 9.47 Å². The standard InChI is InChI=1S/C18H16O6S/c1-7(2)23-17-11(13(19)15(17)21)9-5-6-10(25-9)12-14(20)16(22)18(12)24-8(3)4/h5-8H,1-4H3. The fourth-order valence-electron chi connectivity index (χ4n) is 2.49. The molecule has 3 rings (SSSR count). The highest BCUT2D eigenvalue weighted by atomic mass is 32.1. The highest BCUT2D eigenvalue weighted by Gasteiger charge is 2.29. The van der Waals surface area contributed by atoms with Gasteiger partial charge in [-0.2, -0.15) is 0 Å². The van der Waals surface area contributed by atoms with Gasteiger partial charge in [-0.05, 0) is 39.8 Å². The van der Waals surface area contributed by atoms with Crippen LogP contribution in [0.25, 0.3) is 20.9 Å². The smallest absolute Gasteiger partial charge is 0.269 e. The third-order valence-corrected chi connectivity index (χ3v) is 4.66. The van der Waals surface area contributed by atoms with Crippen LogP contribution >= 0.6 is 11.3 Å². The van der Waals surface area contributed by atoms with Crippen molar-refractivity contribution in [1.82, 2.24) is 0 Å². The van der Waals surface area contributed by atoms with Crippen molar-refractivity contribution < 1.29 is 9.47 Å². The van der Waals surface area contributed by atoms with Crippen molar-refractivity contribution in [2.45, 2.75) is 39.9 Å². The van der Waals surface area contributed by atoms with E-state index in [0.29, 0.717) is 9.75 Å². The zero-order chi connectivity index (χ0) is 18.5. The molecule has 0 atom stereocenters. The van der Waals surface area contributed by atoms with Crippen LogP contribution in [0.4, 0.5) is 0 Å². The Morgan fingerprint density at radius 2 is 1.04 bits per heavy atom. The van der Waals surface area contributed by atoms with Crippen LogP contribution in [0.5, 0.6) is 11.5 Å². The van der Waals surface area contributed by atoms with Crippen molar-refractivity contribution in [2.24, 2.45) is 0 Å². The molecular weight excluding hydrogens is 344 g/mol. The van der Waals surface area contributed by atoms with E-state index in [2.05, 4.69) is 0 Å². The van der Waals surface area contributed by atoms with E-state index in [1.165, 1.54) is 0 Å². The summed E-state index contributed by atoms with van der Waals surface area (Å²) in [7, 11) is 0. The summed E-state index contributed by atoms with van der Waals surface area (Å²) >= 11 is 1.15. The van der Waals surface area contributed by atoms with Gasteiger partial charge in [-0.25, -0.2) is 0 Å². The minimum absolute atomic E-state index is 0.0528. The predicted octanol–water partition coefficient (Wildman–Crippen LogP) is 1.85. The fraction of sp³-hybridized carbons (Fsp3) is 0.333. The van der Waals surface area contributed by atoms with Crippen LogP contribution in [0.2, 0.25) is 0 Å². The summed E-state index contributed by atoms with van der Waals surface area (Å²) in [5, 5.41) is 0. The molecule has 0 fully saturated rings. The van der Waals surface area contributed by atoms with Crippen LogP contribution < -0.4 is 31.2 Å². The normalized spacial score (nSPS) is 11.8. The molecule has 0 saturated heterocycles. The molecule has 2 aromatic carbocycles. The lowest BCUT2D eigenvalue weighted by Gasteiger charge is -2.14. The molecule has 6 nitrogen and oxygen atoms in total. The molecule has 0 radical (unpaired) electrons. The Morgan fingerprint density at radius 3 is 1.36 bits per heavy atom. The van der Waals surface area contributed by atoms with Gasteiger partial charge >= 0.3 is 0 Å². The Kier molecular flexibility index (Phi) is 4.20. The maximum atomic E-state index is 11.9. The maximum absolute atomic E-state index is 11.9. The molecule has 0 aliphatic carbocycles. The Hall–Kier alpha value is -2.54. The van der Waals surface area contributed by atoms with Gasteiger partial charge in [0.15, 0.2) is 11.5 Å². The summed E-state index contributed by atoms with van der Waals surface area (Å²) in [4.78, 5) is 48.3. The molecule has 1 aromatic heterocycles. The molecule has 25 heavy (non-hydrogen) atoms. The first kappa shape index (κ1) is 17.3. The lowest BCUT2D eigenvalue weighted by molar-refractivity contribution is 0.238. The topological polar surface area (TPSA) is 86.7 Å². The molecule has 3 aromatic rings. The third kappa shape index (κ3) is 2.74. The van der Waals surface area contributed by atoms with Gasteiger partial charge in [0.2, 0.25) is 10.9 Å². The van der Waals surface area contributed by atoms with Gasteiger partial charge in [0.1, 0.15) is 0 Å². The Morgan fingerprint density at radius 1 is 0.680 bits per heavy atom. The second kappa shape index (κ2) is 6.07. The van der Waals surface area contributed by atoms with E-state index in [1.54, 1.807) is 39.8 Å². The summed E-state index contributed by atoms with van der Waals surface area (Å²) in [5.74, 6) is 0.106. The first-order valence-corrected chi connectivity index (χ1v) is 8.64. The van der Waals surface area contributed by atoms with Gasteiger partial charge in [-0.3, -0.25) is 19.2 Å². The molecule has 0 amide bonds. The SMILES string of the molecule is CC(C)Oc1c(-c2ccc(-c3c(OC(C)C)c(=O)c3=O)s2)c(=O)c1=O. The van der Waals surface area contributed by atoms with E-state index in [1.807, 2.05) is 0 Å². The maximum Gasteiger partial charge on any atom is 0.269 e. The van der Waals surface area contributed by atoms with Crippen molar-refractivity contribution in [3.63, 3.8) is 0 Å². The minimum Gasteiger partial charge on any atom is -0.486 e. The van der Waals surface area contributed by atoms with E-state index in [9.17, 15) is 19.2 Å². The zero-order valence-electron chi connectivity index (χ0n) is 14.2. The summed E-state index contributed by atoms with van der Waals surface area (Å²) in [6, 6.07) is 3.28. The van der Waals surface area contributed by atoms with Crippen LogP contribution in [-0.2, 0) is 0 Å². The number of hydrogen-bond acceptors (Lipinski definition) is 7. The average Bonchev–Trinajstić information content (AvgIpc) is 3.00. The molecule has 0 N–H and O–H groups in total. The van der Waals surface area contributed by atoms with Crippen molar-refractivity contribution in [3.05, 3.63) is 53.0 Å². The summed E-state index contributed by atoms with van der Waals surface area (Å²) in [6.07, 6.45) is -0.470. The summed E-state index contributed by atoms with van der Waals surface area (Å²) in [6.45, 7) is 7.05. The van der Waals surface area contributed by atoms with Gasteiger partial charge < -0.3 is 9.47 Å². The second-order valence-corrected chi connectivity index (χ2v) is 7.31. The summed E-state index contributed by atoms with van der Waals surface area (Å²) in [5.41, 5.74) is -2.05. The molecular formula is C18H16O6S. The van der Waals surface area contributed by atoms with Crippen molar-refractivity contribution in [2.75, 3.05) is 0 Å². The highest BCUT2D eigenvalue weighted by Crippen LogP contribution is 2.38.